The maximum atomic E-state index is 5.21. The summed E-state index contributed by atoms with van der Waals surface area (Å²) in [5.74, 6) is 5.21. The van der Waals surface area contributed by atoms with Crippen LogP contribution in [0.5, 0.6) is 0 Å². The molecule has 1 heterocycles. The van der Waals surface area contributed by atoms with Crippen molar-refractivity contribution in [3.63, 3.8) is 0 Å². The molecule has 0 amide bonds. The predicted molar refractivity (Wildman–Crippen MR) is 40.5 cm³/mol. The Balaban J connectivity index is 0.000000640. The third-order valence-corrected chi connectivity index (χ3v) is 1.53. The van der Waals surface area contributed by atoms with E-state index in [0.717, 1.165) is 13.1 Å². The summed E-state index contributed by atoms with van der Waals surface area (Å²) >= 11 is 0. The first-order valence-electron chi connectivity index (χ1n) is 3.10. The van der Waals surface area contributed by atoms with E-state index in [-0.39, 0.29) is 12.4 Å². The molecule has 1 rings (SSSR count). The lowest BCUT2D eigenvalue weighted by molar-refractivity contribution is 0.396. The Labute approximate surface area is 61.8 Å². The summed E-state index contributed by atoms with van der Waals surface area (Å²) in [6.07, 6.45) is 2.46. The Hall–Kier alpha value is 0.170. The molecule has 3 nitrogen and oxygen atoms in total. The first-order chi connectivity index (χ1) is 3.93. The Kier molecular flexibility index (Phi) is 5.09. The molecule has 0 spiro atoms. The molecule has 1 aliphatic heterocycles. The van der Waals surface area contributed by atoms with E-state index in [1.54, 1.807) is 0 Å². The van der Waals surface area contributed by atoms with Crippen LogP contribution in [0.1, 0.15) is 12.8 Å². The van der Waals surface area contributed by atoms with Crippen molar-refractivity contribution < 1.29 is 0 Å². The third-order valence-electron chi connectivity index (χ3n) is 1.53. The molecule has 1 unspecified atom stereocenters. The lowest BCUT2D eigenvalue weighted by Crippen LogP contribution is -2.46. The minimum absolute atomic E-state index is 0. The molecule has 1 atom stereocenters. The van der Waals surface area contributed by atoms with E-state index in [4.69, 9.17) is 5.84 Å². The summed E-state index contributed by atoms with van der Waals surface area (Å²) in [7, 11) is 0. The molecule has 9 heavy (non-hydrogen) atoms. The molecular formula is C5H14ClN3. The minimum Gasteiger partial charge on any atom is -0.315 e. The number of rotatable bonds is 1. The summed E-state index contributed by atoms with van der Waals surface area (Å²) in [4.78, 5) is 0. The maximum Gasteiger partial charge on any atom is 0.0335 e. The molecular weight excluding hydrogens is 138 g/mol. The average molecular weight is 152 g/mol. The van der Waals surface area contributed by atoms with Crippen LogP contribution in [0.25, 0.3) is 0 Å². The van der Waals surface area contributed by atoms with E-state index in [1.165, 1.54) is 12.8 Å². The number of piperidine rings is 1. The molecule has 1 fully saturated rings. The zero-order chi connectivity index (χ0) is 5.82. The Morgan fingerprint density at radius 2 is 2.33 bits per heavy atom. The van der Waals surface area contributed by atoms with Crippen LogP contribution in [0.2, 0.25) is 0 Å². The number of hydrogen-bond acceptors (Lipinski definition) is 3. The van der Waals surface area contributed by atoms with Gasteiger partial charge in [0.05, 0.1) is 0 Å². The lowest BCUT2D eigenvalue weighted by Gasteiger charge is -2.21. The largest absolute Gasteiger partial charge is 0.315 e. The van der Waals surface area contributed by atoms with Gasteiger partial charge in [-0.2, -0.15) is 0 Å². The third kappa shape index (κ3) is 3.01. The molecule has 0 aliphatic carbocycles. The second-order valence-corrected chi connectivity index (χ2v) is 2.21. The first kappa shape index (κ1) is 9.17. The standard InChI is InChI=1S/C5H13N3.ClH/c6-8-5-2-1-3-7-4-5;/h5,7-8H,1-4,6H2;1H. The topological polar surface area (TPSA) is 50.1 Å². The normalized spacial score (nSPS) is 27.0. The van der Waals surface area contributed by atoms with Gasteiger partial charge in [-0.1, -0.05) is 0 Å². The van der Waals surface area contributed by atoms with E-state index >= 15 is 0 Å². The van der Waals surface area contributed by atoms with Crippen LogP contribution in [0, 0.1) is 0 Å². The molecule has 0 saturated carbocycles. The van der Waals surface area contributed by atoms with E-state index in [0.29, 0.717) is 6.04 Å². The first-order valence-corrected chi connectivity index (χ1v) is 3.10. The monoisotopic (exact) mass is 151 g/mol. The van der Waals surface area contributed by atoms with Crippen LogP contribution in [-0.4, -0.2) is 19.1 Å². The Morgan fingerprint density at radius 1 is 1.56 bits per heavy atom. The zero-order valence-electron chi connectivity index (χ0n) is 5.39. The van der Waals surface area contributed by atoms with E-state index in [1.807, 2.05) is 0 Å². The van der Waals surface area contributed by atoms with Gasteiger partial charge in [-0.05, 0) is 19.4 Å². The van der Waals surface area contributed by atoms with Crippen LogP contribution in [0.3, 0.4) is 0 Å². The van der Waals surface area contributed by atoms with E-state index in [2.05, 4.69) is 10.7 Å². The van der Waals surface area contributed by atoms with Crippen LogP contribution in [0.4, 0.5) is 0 Å². The fourth-order valence-electron chi connectivity index (χ4n) is 0.994. The highest BCUT2D eigenvalue weighted by Crippen LogP contribution is 1.98. The zero-order valence-corrected chi connectivity index (χ0v) is 6.21. The predicted octanol–water partition coefficient (Wildman–Crippen LogP) is -0.376. The fraction of sp³-hybridized carbons (Fsp3) is 1.00. The molecule has 4 heteroatoms. The number of nitrogens with two attached hydrogens (primary N) is 1. The molecule has 0 aromatic heterocycles. The number of nitrogens with one attached hydrogen (secondary N) is 2. The molecule has 1 saturated heterocycles. The number of hydrogen-bond donors (Lipinski definition) is 3. The van der Waals surface area contributed by atoms with Crippen molar-refractivity contribution in [3.05, 3.63) is 0 Å². The van der Waals surface area contributed by atoms with Crippen molar-refractivity contribution in [2.75, 3.05) is 13.1 Å². The van der Waals surface area contributed by atoms with E-state index in [9.17, 15) is 0 Å². The quantitative estimate of drug-likeness (QED) is 0.354. The van der Waals surface area contributed by atoms with Gasteiger partial charge in [0, 0.05) is 12.6 Å². The molecule has 1 aliphatic rings. The van der Waals surface area contributed by atoms with Gasteiger partial charge in [0.25, 0.3) is 0 Å². The van der Waals surface area contributed by atoms with Crippen molar-refractivity contribution in [2.45, 2.75) is 18.9 Å². The van der Waals surface area contributed by atoms with Gasteiger partial charge < -0.3 is 5.32 Å². The lowest BCUT2D eigenvalue weighted by atomic mass is 10.1. The molecule has 0 bridgehead atoms. The van der Waals surface area contributed by atoms with Crippen molar-refractivity contribution in [1.29, 1.82) is 0 Å². The highest BCUT2D eigenvalue weighted by atomic mass is 35.5. The smallest absolute Gasteiger partial charge is 0.0335 e. The van der Waals surface area contributed by atoms with Crippen molar-refractivity contribution >= 4 is 12.4 Å². The summed E-state index contributed by atoms with van der Waals surface area (Å²) < 4.78 is 0. The van der Waals surface area contributed by atoms with Gasteiger partial charge in [-0.3, -0.25) is 11.3 Å². The average Bonchev–Trinajstić information content (AvgIpc) is 1.90. The van der Waals surface area contributed by atoms with Crippen LogP contribution in [0.15, 0.2) is 0 Å². The van der Waals surface area contributed by atoms with Crippen molar-refractivity contribution in [2.24, 2.45) is 5.84 Å². The van der Waals surface area contributed by atoms with Gasteiger partial charge in [0.15, 0.2) is 0 Å². The fourth-order valence-corrected chi connectivity index (χ4v) is 0.994. The van der Waals surface area contributed by atoms with Gasteiger partial charge in [-0.15, -0.1) is 12.4 Å². The molecule has 56 valence electrons. The van der Waals surface area contributed by atoms with E-state index < -0.39 is 0 Å². The maximum absolute atomic E-state index is 5.21. The Bertz CT molecular complexity index is 63.2. The van der Waals surface area contributed by atoms with Gasteiger partial charge in [0.2, 0.25) is 0 Å². The molecule has 4 N–H and O–H groups in total. The van der Waals surface area contributed by atoms with Gasteiger partial charge in [0.1, 0.15) is 0 Å². The summed E-state index contributed by atoms with van der Waals surface area (Å²) in [6, 6.07) is 0.503. The second-order valence-electron chi connectivity index (χ2n) is 2.21. The summed E-state index contributed by atoms with van der Waals surface area (Å²) in [6.45, 7) is 2.18. The molecule has 0 aromatic carbocycles. The Morgan fingerprint density at radius 3 is 2.67 bits per heavy atom. The second kappa shape index (κ2) is 4.99. The van der Waals surface area contributed by atoms with Crippen molar-refractivity contribution in [3.8, 4) is 0 Å². The highest BCUT2D eigenvalue weighted by molar-refractivity contribution is 5.85. The number of hydrazine groups is 1. The summed E-state index contributed by atoms with van der Waals surface area (Å²) in [5.41, 5.74) is 2.74. The number of halogens is 1. The minimum atomic E-state index is 0. The highest BCUT2D eigenvalue weighted by Gasteiger charge is 2.08. The van der Waals surface area contributed by atoms with Gasteiger partial charge in [-0.25, -0.2) is 0 Å². The van der Waals surface area contributed by atoms with Gasteiger partial charge >= 0.3 is 0 Å². The van der Waals surface area contributed by atoms with Crippen LogP contribution in [-0.2, 0) is 0 Å². The molecule has 0 aromatic rings. The van der Waals surface area contributed by atoms with Crippen molar-refractivity contribution in [1.82, 2.24) is 10.7 Å². The van der Waals surface area contributed by atoms with Crippen LogP contribution < -0.4 is 16.6 Å². The van der Waals surface area contributed by atoms with Crippen LogP contribution >= 0.6 is 12.4 Å². The molecule has 0 radical (unpaired) electrons. The summed E-state index contributed by atoms with van der Waals surface area (Å²) in [5, 5.41) is 3.24. The SMILES string of the molecule is Cl.NNC1CCCNC1.